The summed E-state index contributed by atoms with van der Waals surface area (Å²) in [5, 5.41) is 5.21. The Morgan fingerprint density at radius 1 is 1.47 bits per heavy atom. The van der Waals surface area contributed by atoms with Crippen LogP contribution in [0.5, 0.6) is 0 Å². The molecule has 1 heterocycles. The van der Waals surface area contributed by atoms with Crippen molar-refractivity contribution in [3.05, 3.63) is 45.4 Å². The Balaban J connectivity index is 2.22. The van der Waals surface area contributed by atoms with Crippen LogP contribution in [0.3, 0.4) is 0 Å². The molecule has 0 aliphatic carbocycles. The van der Waals surface area contributed by atoms with Crippen LogP contribution in [0.2, 0.25) is 5.02 Å². The van der Waals surface area contributed by atoms with Gasteiger partial charge in [0.1, 0.15) is 5.82 Å². The SMILES string of the molecule is CC(Nc1cc(F)c(Cl)cc1N)c1cccs1. The highest BCUT2D eigenvalue weighted by molar-refractivity contribution is 7.10. The lowest BCUT2D eigenvalue weighted by Gasteiger charge is -2.16. The molecular weight excluding hydrogens is 259 g/mol. The molecule has 2 nitrogen and oxygen atoms in total. The number of nitrogens with one attached hydrogen (secondary N) is 1. The molecule has 17 heavy (non-hydrogen) atoms. The van der Waals surface area contributed by atoms with Crippen LogP contribution < -0.4 is 11.1 Å². The van der Waals surface area contributed by atoms with Gasteiger partial charge in [0.25, 0.3) is 0 Å². The van der Waals surface area contributed by atoms with Crippen LogP contribution >= 0.6 is 22.9 Å². The van der Waals surface area contributed by atoms with Crippen molar-refractivity contribution in [2.75, 3.05) is 11.1 Å². The molecule has 2 rings (SSSR count). The average molecular weight is 271 g/mol. The quantitative estimate of drug-likeness (QED) is 0.816. The molecule has 0 saturated heterocycles. The molecule has 0 saturated carbocycles. The van der Waals surface area contributed by atoms with Gasteiger partial charge in [0.05, 0.1) is 22.4 Å². The molecule has 0 fully saturated rings. The Morgan fingerprint density at radius 3 is 2.88 bits per heavy atom. The molecule has 1 unspecified atom stereocenters. The third kappa shape index (κ3) is 2.70. The summed E-state index contributed by atoms with van der Waals surface area (Å²) in [6.07, 6.45) is 0. The topological polar surface area (TPSA) is 38.0 Å². The molecule has 0 aliphatic heterocycles. The molecule has 0 bridgehead atoms. The summed E-state index contributed by atoms with van der Waals surface area (Å²) in [6, 6.07) is 6.81. The van der Waals surface area contributed by atoms with E-state index < -0.39 is 5.82 Å². The van der Waals surface area contributed by atoms with E-state index in [1.54, 1.807) is 11.3 Å². The van der Waals surface area contributed by atoms with E-state index in [4.69, 9.17) is 17.3 Å². The van der Waals surface area contributed by atoms with Crippen molar-refractivity contribution in [2.45, 2.75) is 13.0 Å². The number of anilines is 2. The molecule has 2 aromatic rings. The van der Waals surface area contributed by atoms with Crippen LogP contribution in [-0.4, -0.2) is 0 Å². The lowest BCUT2D eigenvalue weighted by molar-refractivity contribution is 0.628. The van der Waals surface area contributed by atoms with Gasteiger partial charge in [-0.25, -0.2) is 4.39 Å². The van der Waals surface area contributed by atoms with E-state index in [-0.39, 0.29) is 11.1 Å². The molecule has 0 aliphatic rings. The first-order chi connectivity index (χ1) is 8.08. The molecule has 0 radical (unpaired) electrons. The van der Waals surface area contributed by atoms with Crippen LogP contribution in [0, 0.1) is 5.82 Å². The van der Waals surface area contributed by atoms with Crippen molar-refractivity contribution in [3.8, 4) is 0 Å². The maximum absolute atomic E-state index is 13.3. The first kappa shape index (κ1) is 12.2. The number of rotatable bonds is 3. The molecule has 3 N–H and O–H groups in total. The van der Waals surface area contributed by atoms with Gasteiger partial charge >= 0.3 is 0 Å². The van der Waals surface area contributed by atoms with Gasteiger partial charge in [-0.3, -0.25) is 0 Å². The summed E-state index contributed by atoms with van der Waals surface area (Å²) in [5.74, 6) is -0.471. The van der Waals surface area contributed by atoms with Gasteiger partial charge in [0, 0.05) is 10.9 Å². The van der Waals surface area contributed by atoms with Crippen molar-refractivity contribution < 1.29 is 4.39 Å². The molecule has 5 heteroatoms. The van der Waals surface area contributed by atoms with Crippen molar-refractivity contribution in [1.82, 2.24) is 0 Å². The summed E-state index contributed by atoms with van der Waals surface area (Å²) in [5.41, 5.74) is 6.79. The minimum atomic E-state index is -0.471. The maximum Gasteiger partial charge on any atom is 0.143 e. The third-order valence-corrected chi connectivity index (χ3v) is 3.78. The van der Waals surface area contributed by atoms with Gasteiger partial charge in [0.15, 0.2) is 0 Å². The number of hydrogen-bond donors (Lipinski definition) is 2. The number of thiophene rings is 1. The van der Waals surface area contributed by atoms with E-state index >= 15 is 0 Å². The maximum atomic E-state index is 13.3. The molecule has 90 valence electrons. The number of nitrogen functional groups attached to an aromatic ring is 1. The van der Waals surface area contributed by atoms with E-state index in [0.29, 0.717) is 11.4 Å². The second-order valence-corrected chi connectivity index (χ2v) is 5.12. The van der Waals surface area contributed by atoms with Gasteiger partial charge in [-0.2, -0.15) is 0 Å². The highest BCUT2D eigenvalue weighted by Crippen LogP contribution is 2.30. The number of nitrogens with two attached hydrogens (primary N) is 1. The third-order valence-electron chi connectivity index (χ3n) is 2.43. The van der Waals surface area contributed by atoms with E-state index in [1.807, 2.05) is 24.4 Å². The van der Waals surface area contributed by atoms with Gasteiger partial charge in [0.2, 0.25) is 0 Å². The highest BCUT2D eigenvalue weighted by Gasteiger charge is 2.10. The second-order valence-electron chi connectivity index (χ2n) is 3.74. The largest absolute Gasteiger partial charge is 0.397 e. The lowest BCUT2D eigenvalue weighted by Crippen LogP contribution is -2.07. The summed E-state index contributed by atoms with van der Waals surface area (Å²) < 4.78 is 13.3. The van der Waals surface area contributed by atoms with Crippen LogP contribution in [0.15, 0.2) is 29.6 Å². The fourth-order valence-corrected chi connectivity index (χ4v) is 2.44. The summed E-state index contributed by atoms with van der Waals surface area (Å²) in [4.78, 5) is 1.17. The number of benzene rings is 1. The van der Waals surface area contributed by atoms with Crippen LogP contribution in [-0.2, 0) is 0 Å². The first-order valence-electron chi connectivity index (χ1n) is 5.12. The summed E-state index contributed by atoms with van der Waals surface area (Å²) >= 11 is 7.28. The average Bonchev–Trinajstić information content (AvgIpc) is 2.79. The second kappa shape index (κ2) is 4.94. The van der Waals surface area contributed by atoms with Crippen LogP contribution in [0.4, 0.5) is 15.8 Å². The monoisotopic (exact) mass is 270 g/mol. The molecule has 1 atom stereocenters. The van der Waals surface area contributed by atoms with Gasteiger partial charge in [-0.1, -0.05) is 17.7 Å². The van der Waals surface area contributed by atoms with E-state index in [0.717, 1.165) is 0 Å². The van der Waals surface area contributed by atoms with Crippen molar-refractivity contribution in [2.24, 2.45) is 0 Å². The minimum Gasteiger partial charge on any atom is -0.397 e. The number of halogens is 2. The molecule has 1 aromatic carbocycles. The Kier molecular flexibility index (Phi) is 3.54. The molecule has 0 amide bonds. The molecule has 1 aromatic heterocycles. The first-order valence-corrected chi connectivity index (χ1v) is 6.38. The van der Waals surface area contributed by atoms with E-state index in [9.17, 15) is 4.39 Å². The standard InChI is InChI=1S/C12H12ClFN2S/c1-7(12-3-2-4-17-12)16-11-6-9(14)8(13)5-10(11)15/h2-7,16H,15H2,1H3. The zero-order chi connectivity index (χ0) is 12.4. The normalized spacial score (nSPS) is 12.4. The lowest BCUT2D eigenvalue weighted by atomic mass is 10.2. The summed E-state index contributed by atoms with van der Waals surface area (Å²) in [7, 11) is 0. The predicted octanol–water partition coefficient (Wildman–Crippen LogP) is 4.30. The fourth-order valence-electron chi connectivity index (χ4n) is 1.53. The predicted molar refractivity (Wildman–Crippen MR) is 72.2 cm³/mol. The number of hydrogen-bond acceptors (Lipinski definition) is 3. The Hall–Kier alpha value is -1.26. The van der Waals surface area contributed by atoms with Gasteiger partial charge in [-0.15, -0.1) is 11.3 Å². The van der Waals surface area contributed by atoms with Crippen LogP contribution in [0.1, 0.15) is 17.8 Å². The molecule has 0 spiro atoms. The highest BCUT2D eigenvalue weighted by atomic mass is 35.5. The Morgan fingerprint density at radius 2 is 2.24 bits per heavy atom. The zero-order valence-corrected chi connectivity index (χ0v) is 10.8. The van der Waals surface area contributed by atoms with Crippen molar-refractivity contribution in [1.29, 1.82) is 0 Å². The smallest absolute Gasteiger partial charge is 0.143 e. The fraction of sp³-hybridized carbons (Fsp3) is 0.167. The molecular formula is C12H12ClFN2S. The summed E-state index contributed by atoms with van der Waals surface area (Å²) in [6.45, 7) is 2.00. The van der Waals surface area contributed by atoms with Crippen molar-refractivity contribution in [3.63, 3.8) is 0 Å². The zero-order valence-electron chi connectivity index (χ0n) is 9.21. The Labute approximate surface area is 108 Å². The van der Waals surface area contributed by atoms with Gasteiger partial charge < -0.3 is 11.1 Å². The van der Waals surface area contributed by atoms with Crippen molar-refractivity contribution >= 4 is 34.3 Å². The van der Waals surface area contributed by atoms with Crippen LogP contribution in [0.25, 0.3) is 0 Å². The van der Waals surface area contributed by atoms with E-state index in [2.05, 4.69) is 5.32 Å². The Bertz CT molecular complexity index is 513. The van der Waals surface area contributed by atoms with E-state index in [1.165, 1.54) is 17.0 Å². The van der Waals surface area contributed by atoms with Gasteiger partial charge in [-0.05, 0) is 24.4 Å². The minimum absolute atomic E-state index is 0.0387.